The van der Waals surface area contributed by atoms with Gasteiger partial charge in [0.1, 0.15) is 22.8 Å². The van der Waals surface area contributed by atoms with Crippen LogP contribution in [0.15, 0.2) is 34.8 Å². The average Bonchev–Trinajstić information content (AvgIpc) is 2.84. The van der Waals surface area contributed by atoms with Gasteiger partial charge in [-0.15, -0.1) is 0 Å². The molecular weight excluding hydrogens is 512 g/mol. The second-order valence-corrected chi connectivity index (χ2v) is 10.6. The number of nitrogens with two attached hydrogens (primary N) is 1. The highest BCUT2D eigenvalue weighted by Gasteiger charge is 2.67. The number of hydrogen-bond acceptors (Lipinski definition) is 11. The number of fused-ring (bicyclic) bond motifs is 3. The minimum absolute atomic E-state index is 0.0567. The van der Waals surface area contributed by atoms with Crippen LogP contribution in [0.3, 0.4) is 0 Å². The quantitative estimate of drug-likeness (QED) is 0.179. The molecule has 1 aromatic rings. The summed E-state index contributed by atoms with van der Waals surface area (Å²) in [6, 6.07) is 1.69. The van der Waals surface area contributed by atoms with E-state index in [0.717, 1.165) is 0 Å². The molecule has 4 rings (SSSR count). The molecule has 0 fully saturated rings. The average molecular weight is 545 g/mol. The number of Topliss-reactive ketones (excluding diaryl/α,β-unsaturated/α-hetero) is 2. The lowest BCUT2D eigenvalue weighted by molar-refractivity contribution is -0.162. The molecule has 13 heteroatoms. The lowest BCUT2D eigenvalue weighted by Gasteiger charge is -2.53. The molecule has 0 aromatic heterocycles. The fourth-order valence-electron chi connectivity index (χ4n) is 6.09. The normalized spacial score (nSPS) is 30.1. The summed E-state index contributed by atoms with van der Waals surface area (Å²) in [7, 11) is 6.04. The molecule has 210 valence electrons. The van der Waals surface area contributed by atoms with Gasteiger partial charge in [-0.3, -0.25) is 24.1 Å². The first-order valence-electron chi connectivity index (χ1n) is 12.2. The van der Waals surface area contributed by atoms with Crippen molar-refractivity contribution in [3.05, 3.63) is 45.9 Å². The summed E-state index contributed by atoms with van der Waals surface area (Å²) in [6.07, 6.45) is -1.67. The number of aromatic hydroxyl groups is 1. The Balaban J connectivity index is 1.92. The maximum absolute atomic E-state index is 13.8. The zero-order valence-electron chi connectivity index (χ0n) is 22.1. The van der Waals surface area contributed by atoms with Gasteiger partial charge in [-0.25, -0.2) is 0 Å². The van der Waals surface area contributed by atoms with Crippen LogP contribution >= 0.6 is 0 Å². The Morgan fingerprint density at radius 2 is 1.72 bits per heavy atom. The SMILES string of the molecule is C[C@@H]1c2ccc(NCC(=O)N(C)C)c(O)c2C(=O)C2=C(O)[C@@]3(O)C(=O)C(C(N)=O)=C(O)[C@@H](N(C)C)[C@H]3[C@H](O)[C@H]21. The topological polar surface area (TPSA) is 214 Å². The van der Waals surface area contributed by atoms with E-state index < -0.39 is 81.4 Å². The Hall–Kier alpha value is -3.94. The van der Waals surface area contributed by atoms with Crippen LogP contribution in [0, 0.1) is 11.8 Å². The van der Waals surface area contributed by atoms with Crippen LogP contribution in [-0.4, -0.2) is 111 Å². The Morgan fingerprint density at radius 3 is 2.26 bits per heavy atom. The number of rotatable bonds is 5. The minimum atomic E-state index is -2.98. The number of carbonyl (C=O) groups is 4. The van der Waals surface area contributed by atoms with Crippen molar-refractivity contribution in [1.29, 1.82) is 0 Å². The van der Waals surface area contributed by atoms with Crippen LogP contribution < -0.4 is 11.1 Å². The van der Waals surface area contributed by atoms with E-state index in [4.69, 9.17) is 5.73 Å². The van der Waals surface area contributed by atoms with E-state index in [9.17, 15) is 44.7 Å². The highest BCUT2D eigenvalue weighted by Crippen LogP contribution is 2.55. The number of nitrogens with one attached hydrogen (secondary N) is 1. The predicted molar refractivity (Wildman–Crippen MR) is 137 cm³/mol. The number of aliphatic hydroxyl groups is 4. The third-order valence-electron chi connectivity index (χ3n) is 8.06. The number of aliphatic hydroxyl groups excluding tert-OH is 3. The number of ketones is 2. The van der Waals surface area contributed by atoms with E-state index in [2.05, 4.69) is 5.32 Å². The first-order valence-corrected chi connectivity index (χ1v) is 12.2. The van der Waals surface area contributed by atoms with Crippen molar-refractivity contribution in [3.63, 3.8) is 0 Å². The number of likely N-dealkylation sites (N-methyl/N-ethyl adjacent to an activating group) is 2. The van der Waals surface area contributed by atoms with Gasteiger partial charge in [0, 0.05) is 25.6 Å². The smallest absolute Gasteiger partial charge is 0.255 e. The van der Waals surface area contributed by atoms with Gasteiger partial charge in [0.15, 0.2) is 11.4 Å². The largest absolute Gasteiger partial charge is 0.510 e. The van der Waals surface area contributed by atoms with Crippen LogP contribution in [-0.2, 0) is 14.4 Å². The zero-order valence-corrected chi connectivity index (χ0v) is 22.1. The fraction of sp³-hybridized carbons (Fsp3) is 0.462. The third-order valence-corrected chi connectivity index (χ3v) is 8.06. The first kappa shape index (κ1) is 28.1. The van der Waals surface area contributed by atoms with E-state index in [1.807, 2.05) is 0 Å². The highest BCUT2D eigenvalue weighted by atomic mass is 16.4. The molecule has 0 saturated carbocycles. The van der Waals surface area contributed by atoms with Gasteiger partial charge in [-0.2, -0.15) is 0 Å². The van der Waals surface area contributed by atoms with Gasteiger partial charge < -0.3 is 41.5 Å². The Bertz CT molecular complexity index is 1370. The molecule has 2 amide bonds. The zero-order chi connectivity index (χ0) is 29.3. The fourth-order valence-corrected chi connectivity index (χ4v) is 6.09. The van der Waals surface area contributed by atoms with Gasteiger partial charge in [0.25, 0.3) is 5.91 Å². The molecule has 0 spiro atoms. The number of carbonyl (C=O) groups excluding carboxylic acids is 4. The summed E-state index contributed by atoms with van der Waals surface area (Å²) < 4.78 is 0. The number of anilines is 1. The first-order chi connectivity index (χ1) is 18.1. The van der Waals surface area contributed by atoms with Crippen LogP contribution in [0.1, 0.15) is 28.8 Å². The summed E-state index contributed by atoms with van der Waals surface area (Å²) in [4.78, 5) is 54.0. The van der Waals surface area contributed by atoms with Crippen molar-refractivity contribution < 1.29 is 44.7 Å². The molecule has 39 heavy (non-hydrogen) atoms. The molecule has 3 aliphatic carbocycles. The van der Waals surface area contributed by atoms with E-state index in [1.54, 1.807) is 27.1 Å². The molecule has 0 aliphatic heterocycles. The number of amides is 2. The van der Waals surface area contributed by atoms with Crippen molar-refractivity contribution >= 4 is 29.1 Å². The molecule has 0 heterocycles. The Morgan fingerprint density at radius 1 is 1.10 bits per heavy atom. The number of benzene rings is 1. The number of nitrogens with zero attached hydrogens (tertiary/aromatic N) is 2. The van der Waals surface area contributed by atoms with Crippen molar-refractivity contribution in [1.82, 2.24) is 9.80 Å². The maximum atomic E-state index is 13.8. The second-order valence-electron chi connectivity index (χ2n) is 10.6. The van der Waals surface area contributed by atoms with Crippen LogP contribution in [0.2, 0.25) is 0 Å². The van der Waals surface area contributed by atoms with E-state index in [-0.39, 0.29) is 23.7 Å². The molecule has 3 aliphatic rings. The number of phenols is 1. The standard InChI is InChI=1S/C26H32N4O9/c1-9-10-6-7-11(28-8-12(31)29(2)3)19(32)14(10)20(33)15-13(9)21(34)17-18(30(4)5)22(35)16(25(27)38)24(37)26(17,39)23(15)36/h6-7,9,13,17-18,21,28,32,34-36,39H,8H2,1-5H3,(H2,27,38)/t9-,13+,17+,18+,21-,26-/m1/s1. The molecule has 8 N–H and O–H groups in total. The molecule has 13 nitrogen and oxygen atoms in total. The summed E-state index contributed by atoms with van der Waals surface area (Å²) in [5, 5.41) is 59.3. The van der Waals surface area contributed by atoms with E-state index >= 15 is 0 Å². The van der Waals surface area contributed by atoms with Gasteiger partial charge in [-0.1, -0.05) is 13.0 Å². The summed E-state index contributed by atoms with van der Waals surface area (Å²) in [6.45, 7) is 1.45. The highest BCUT2D eigenvalue weighted by molar-refractivity contribution is 6.25. The molecule has 0 unspecified atom stereocenters. The molecule has 0 radical (unpaired) electrons. The number of hydrogen-bond donors (Lipinski definition) is 7. The molecule has 1 aromatic carbocycles. The van der Waals surface area contributed by atoms with Crippen molar-refractivity contribution in [2.24, 2.45) is 17.6 Å². The van der Waals surface area contributed by atoms with Crippen molar-refractivity contribution in [3.8, 4) is 5.75 Å². The molecule has 0 bridgehead atoms. The second kappa shape index (κ2) is 9.36. The monoisotopic (exact) mass is 544 g/mol. The summed E-state index contributed by atoms with van der Waals surface area (Å²) in [5.74, 6) is -9.90. The van der Waals surface area contributed by atoms with Crippen LogP contribution in [0.5, 0.6) is 5.75 Å². The van der Waals surface area contributed by atoms with Crippen LogP contribution in [0.4, 0.5) is 5.69 Å². The maximum Gasteiger partial charge on any atom is 0.255 e. The number of primary amides is 1. The van der Waals surface area contributed by atoms with E-state index in [1.165, 1.54) is 30.0 Å². The molecule has 6 atom stereocenters. The summed E-state index contributed by atoms with van der Waals surface area (Å²) >= 11 is 0. The van der Waals surface area contributed by atoms with Gasteiger partial charge >= 0.3 is 0 Å². The lowest BCUT2D eigenvalue weighted by Crippen LogP contribution is -2.68. The summed E-state index contributed by atoms with van der Waals surface area (Å²) in [5.41, 5.74) is 1.02. The molecular formula is C26H32N4O9. The Labute approximate surface area is 223 Å². The molecule has 0 saturated heterocycles. The lowest BCUT2D eigenvalue weighted by atomic mass is 9.55. The van der Waals surface area contributed by atoms with Crippen molar-refractivity contribution in [2.75, 3.05) is 40.1 Å². The van der Waals surface area contributed by atoms with Crippen molar-refractivity contribution in [2.45, 2.75) is 30.6 Å². The minimum Gasteiger partial charge on any atom is -0.510 e. The van der Waals surface area contributed by atoms with Gasteiger partial charge in [-0.05, 0) is 31.6 Å². The van der Waals surface area contributed by atoms with Gasteiger partial charge in [0.05, 0.1) is 35.9 Å². The van der Waals surface area contributed by atoms with E-state index in [0.29, 0.717) is 5.56 Å². The van der Waals surface area contributed by atoms with Crippen LogP contribution in [0.25, 0.3) is 0 Å². The van der Waals surface area contributed by atoms with Gasteiger partial charge in [0.2, 0.25) is 11.7 Å². The third kappa shape index (κ3) is 3.79. The number of phenolic OH excluding ortho intramolecular Hbond substituents is 1. The Kier molecular flexibility index (Phi) is 6.74. The predicted octanol–water partition coefficient (Wildman–Crippen LogP) is -0.847.